The number of halogens is 2. The Balaban J connectivity index is 1.73. The Morgan fingerprint density at radius 2 is 2.00 bits per heavy atom. The number of benzene rings is 2. The van der Waals surface area contributed by atoms with Crippen molar-refractivity contribution in [3.8, 4) is 0 Å². The van der Waals surface area contributed by atoms with Gasteiger partial charge in [-0.25, -0.2) is 9.18 Å². The number of para-hydroxylation sites is 1. The Hall–Kier alpha value is -2.74. The second-order valence-corrected chi connectivity index (χ2v) is 6.89. The second-order valence-electron chi connectivity index (χ2n) is 6.03. The maximum atomic E-state index is 13.7. The van der Waals surface area contributed by atoms with Gasteiger partial charge in [0.05, 0.1) is 24.3 Å². The lowest BCUT2D eigenvalue weighted by Gasteiger charge is -2.18. The number of carbonyl (C=O) groups is 3. The number of hydrogen-bond acceptors (Lipinski definition) is 4. The van der Waals surface area contributed by atoms with Crippen LogP contribution in [0.5, 0.6) is 0 Å². The van der Waals surface area contributed by atoms with Crippen molar-refractivity contribution in [1.29, 1.82) is 0 Å². The number of rotatable bonds is 4. The lowest BCUT2D eigenvalue weighted by molar-refractivity contribution is -0.122. The van der Waals surface area contributed by atoms with Crippen molar-refractivity contribution in [3.63, 3.8) is 0 Å². The number of carbonyl (C=O) groups excluding carboxylic acids is 3. The van der Waals surface area contributed by atoms with Gasteiger partial charge in [-0.1, -0.05) is 12.1 Å². The van der Waals surface area contributed by atoms with E-state index in [1.54, 1.807) is 11.0 Å². The predicted octanol–water partition coefficient (Wildman–Crippen LogP) is 3.37. The highest BCUT2D eigenvalue weighted by molar-refractivity contribution is 9.10. The van der Waals surface area contributed by atoms with Crippen LogP contribution in [0.25, 0.3) is 0 Å². The molecule has 0 radical (unpaired) electrons. The molecule has 1 heterocycles. The number of esters is 1. The van der Waals surface area contributed by atoms with Gasteiger partial charge in [0, 0.05) is 23.1 Å². The number of hydrogen-bond donors (Lipinski definition) is 1. The average Bonchev–Trinajstić information content (AvgIpc) is 3.04. The molecule has 2 aromatic carbocycles. The van der Waals surface area contributed by atoms with E-state index in [0.29, 0.717) is 5.69 Å². The summed E-state index contributed by atoms with van der Waals surface area (Å²) in [7, 11) is 1.15. The van der Waals surface area contributed by atoms with Gasteiger partial charge in [-0.15, -0.1) is 0 Å². The van der Waals surface area contributed by atoms with E-state index < -0.39 is 17.7 Å². The number of anilines is 2. The minimum atomic E-state index is -0.834. The standard InChI is InChI=1S/C19H16BrFN2O4/c1-27-19(26)13-9-12(6-7-15(13)21)22-18(25)11-8-17(24)23(10-11)16-5-3-2-4-14(16)20/h2-7,9,11H,8,10H2,1H3,(H,22,25)/t11-/m0/s1. The number of nitrogens with zero attached hydrogens (tertiary/aromatic N) is 1. The van der Waals surface area contributed by atoms with E-state index in [2.05, 4.69) is 26.0 Å². The quantitative estimate of drug-likeness (QED) is 0.748. The zero-order valence-corrected chi connectivity index (χ0v) is 16.0. The topological polar surface area (TPSA) is 75.7 Å². The van der Waals surface area contributed by atoms with Gasteiger partial charge in [-0.3, -0.25) is 9.59 Å². The summed E-state index contributed by atoms with van der Waals surface area (Å²) in [5.74, 6) is -2.66. The van der Waals surface area contributed by atoms with Crippen LogP contribution in [0.2, 0.25) is 0 Å². The van der Waals surface area contributed by atoms with Crippen molar-refractivity contribution in [3.05, 3.63) is 58.3 Å². The third kappa shape index (κ3) is 4.00. The fourth-order valence-electron chi connectivity index (χ4n) is 2.90. The molecular formula is C19H16BrFN2O4. The molecule has 1 aliphatic rings. The fraction of sp³-hybridized carbons (Fsp3) is 0.211. The van der Waals surface area contributed by atoms with E-state index in [4.69, 9.17) is 0 Å². The molecule has 3 rings (SSSR count). The molecule has 140 valence electrons. The second kappa shape index (κ2) is 7.87. The molecule has 0 bridgehead atoms. The molecule has 1 fully saturated rings. The highest BCUT2D eigenvalue weighted by Gasteiger charge is 2.35. The summed E-state index contributed by atoms with van der Waals surface area (Å²) < 4.78 is 19.0. The molecule has 0 unspecified atom stereocenters. The van der Waals surface area contributed by atoms with Crippen molar-refractivity contribution in [1.82, 2.24) is 0 Å². The minimum Gasteiger partial charge on any atom is -0.465 e. The number of methoxy groups -OCH3 is 1. The Bertz CT molecular complexity index is 918. The highest BCUT2D eigenvalue weighted by Crippen LogP contribution is 2.31. The van der Waals surface area contributed by atoms with Crippen molar-refractivity contribution in [2.75, 3.05) is 23.9 Å². The van der Waals surface area contributed by atoms with Crippen molar-refractivity contribution in [2.24, 2.45) is 5.92 Å². The van der Waals surface area contributed by atoms with Crippen molar-refractivity contribution in [2.45, 2.75) is 6.42 Å². The summed E-state index contributed by atoms with van der Waals surface area (Å²) in [5, 5.41) is 2.63. The van der Waals surface area contributed by atoms with E-state index >= 15 is 0 Å². The molecule has 1 saturated heterocycles. The van der Waals surface area contributed by atoms with Gasteiger partial charge in [-0.2, -0.15) is 0 Å². The summed E-state index contributed by atoms with van der Waals surface area (Å²) in [4.78, 5) is 38.0. The molecule has 27 heavy (non-hydrogen) atoms. The molecule has 2 amide bonds. The van der Waals surface area contributed by atoms with E-state index in [1.165, 1.54) is 12.1 Å². The summed E-state index contributed by atoms with van der Waals surface area (Å²) >= 11 is 3.41. The average molecular weight is 435 g/mol. The van der Waals surface area contributed by atoms with Gasteiger partial charge >= 0.3 is 5.97 Å². The predicted molar refractivity (Wildman–Crippen MR) is 101 cm³/mol. The summed E-state index contributed by atoms with van der Waals surface area (Å²) in [6.07, 6.45) is 0.0677. The molecule has 0 aromatic heterocycles. The van der Waals surface area contributed by atoms with Crippen LogP contribution in [0.15, 0.2) is 46.9 Å². The first-order valence-corrected chi connectivity index (χ1v) is 8.93. The Labute approximate surface area is 163 Å². The van der Waals surface area contributed by atoms with Crippen LogP contribution >= 0.6 is 15.9 Å². The minimum absolute atomic E-state index is 0.0677. The monoisotopic (exact) mass is 434 g/mol. The molecule has 1 aliphatic heterocycles. The number of amides is 2. The highest BCUT2D eigenvalue weighted by atomic mass is 79.9. The van der Waals surface area contributed by atoms with Gasteiger partial charge in [0.15, 0.2) is 0 Å². The first-order valence-electron chi connectivity index (χ1n) is 8.14. The van der Waals surface area contributed by atoms with E-state index in [9.17, 15) is 18.8 Å². The molecular weight excluding hydrogens is 419 g/mol. The van der Waals surface area contributed by atoms with Crippen LogP contribution in [-0.2, 0) is 14.3 Å². The van der Waals surface area contributed by atoms with Gasteiger partial charge in [0.25, 0.3) is 0 Å². The summed E-state index contributed by atoms with van der Waals surface area (Å²) in [6, 6.07) is 10.9. The molecule has 1 atom stereocenters. The van der Waals surface area contributed by atoms with Crippen LogP contribution in [0.3, 0.4) is 0 Å². The zero-order valence-electron chi connectivity index (χ0n) is 14.4. The van der Waals surface area contributed by atoms with Crippen LogP contribution in [0.1, 0.15) is 16.8 Å². The molecule has 0 spiro atoms. The number of nitrogens with one attached hydrogen (secondary N) is 1. The molecule has 6 nitrogen and oxygen atoms in total. The zero-order chi connectivity index (χ0) is 19.6. The normalized spacial score (nSPS) is 16.3. The van der Waals surface area contributed by atoms with Crippen molar-refractivity contribution >= 4 is 45.1 Å². The molecule has 1 N–H and O–H groups in total. The largest absolute Gasteiger partial charge is 0.465 e. The summed E-state index contributed by atoms with van der Waals surface area (Å²) in [5.41, 5.74) is 0.689. The van der Waals surface area contributed by atoms with E-state index in [1.807, 2.05) is 18.2 Å². The molecule has 8 heteroatoms. The molecule has 0 saturated carbocycles. The van der Waals surface area contributed by atoms with Crippen LogP contribution in [0, 0.1) is 11.7 Å². The smallest absolute Gasteiger partial charge is 0.340 e. The Kier molecular flexibility index (Phi) is 5.55. The SMILES string of the molecule is COC(=O)c1cc(NC(=O)[C@H]2CC(=O)N(c3ccccc3Br)C2)ccc1F. The Morgan fingerprint density at radius 3 is 2.70 bits per heavy atom. The van der Waals surface area contributed by atoms with Gasteiger partial charge in [0.1, 0.15) is 5.82 Å². The van der Waals surface area contributed by atoms with Gasteiger partial charge in [-0.05, 0) is 46.3 Å². The number of ether oxygens (including phenoxy) is 1. The van der Waals surface area contributed by atoms with Gasteiger partial charge in [0.2, 0.25) is 11.8 Å². The third-order valence-corrected chi connectivity index (χ3v) is 4.95. The van der Waals surface area contributed by atoms with E-state index in [-0.39, 0.29) is 36.0 Å². The van der Waals surface area contributed by atoms with Crippen LogP contribution in [-0.4, -0.2) is 31.4 Å². The van der Waals surface area contributed by atoms with Crippen LogP contribution in [0.4, 0.5) is 15.8 Å². The molecule has 0 aliphatic carbocycles. The fourth-order valence-corrected chi connectivity index (χ4v) is 3.40. The first kappa shape index (κ1) is 19.0. The maximum absolute atomic E-state index is 13.7. The van der Waals surface area contributed by atoms with Crippen LogP contribution < -0.4 is 10.2 Å². The third-order valence-electron chi connectivity index (χ3n) is 4.28. The lowest BCUT2D eigenvalue weighted by Crippen LogP contribution is -2.28. The first-order chi connectivity index (χ1) is 12.9. The van der Waals surface area contributed by atoms with Crippen molar-refractivity contribution < 1.29 is 23.5 Å². The summed E-state index contributed by atoms with van der Waals surface area (Å²) in [6.45, 7) is 0.234. The molecule has 2 aromatic rings. The van der Waals surface area contributed by atoms with Gasteiger partial charge < -0.3 is 15.0 Å². The lowest BCUT2D eigenvalue weighted by atomic mass is 10.1. The maximum Gasteiger partial charge on any atom is 0.340 e. The Morgan fingerprint density at radius 1 is 1.26 bits per heavy atom. The van der Waals surface area contributed by atoms with E-state index in [0.717, 1.165) is 17.6 Å².